The smallest absolute Gasteiger partial charge is 0.236 e. The molecule has 0 saturated heterocycles. The molecule has 1 fully saturated rings. The van der Waals surface area contributed by atoms with E-state index in [-0.39, 0.29) is 11.9 Å². The number of rotatable bonds is 4. The van der Waals surface area contributed by atoms with Gasteiger partial charge in [0.25, 0.3) is 0 Å². The summed E-state index contributed by atoms with van der Waals surface area (Å²) in [4.78, 5) is 14.2. The molecule has 1 N–H and O–H groups in total. The number of amides is 1. The van der Waals surface area contributed by atoms with Gasteiger partial charge >= 0.3 is 0 Å². The molecule has 0 aliphatic heterocycles. The van der Waals surface area contributed by atoms with E-state index in [1.165, 1.54) is 30.4 Å². The molecule has 1 aromatic carbocycles. The minimum absolute atomic E-state index is 0.216. The number of likely N-dealkylation sites (N-methyl/N-ethyl adjacent to an activating group) is 1. The first-order valence-electron chi connectivity index (χ1n) is 7.32. The maximum absolute atomic E-state index is 12.2. The maximum Gasteiger partial charge on any atom is 0.236 e. The third kappa shape index (κ3) is 2.81. The normalized spacial score (nSPS) is 21.8. The molecule has 3 rings (SSSR count). The van der Waals surface area contributed by atoms with Crippen molar-refractivity contribution in [2.24, 2.45) is 0 Å². The van der Waals surface area contributed by atoms with Crippen LogP contribution in [-0.4, -0.2) is 30.4 Å². The van der Waals surface area contributed by atoms with Crippen LogP contribution in [0.1, 0.15) is 42.9 Å². The Labute approximate surface area is 115 Å². The number of nitrogens with zero attached hydrogens (tertiary/aromatic N) is 1. The maximum atomic E-state index is 12.2. The predicted octanol–water partition coefficient (Wildman–Crippen LogP) is 2.27. The summed E-state index contributed by atoms with van der Waals surface area (Å²) in [5.74, 6) is 0.216. The number of fused-ring (bicyclic) bond motifs is 1. The molecule has 2 aliphatic carbocycles. The monoisotopic (exact) mass is 258 g/mol. The second kappa shape index (κ2) is 5.33. The van der Waals surface area contributed by atoms with Crippen LogP contribution in [0.4, 0.5) is 0 Å². The highest BCUT2D eigenvalue weighted by Crippen LogP contribution is 2.33. The van der Waals surface area contributed by atoms with Crippen LogP contribution < -0.4 is 5.32 Å². The number of aryl methyl sites for hydroxylation is 1. The van der Waals surface area contributed by atoms with Crippen molar-refractivity contribution in [3.05, 3.63) is 35.4 Å². The average molecular weight is 258 g/mol. The van der Waals surface area contributed by atoms with Gasteiger partial charge in [-0.05, 0) is 43.2 Å². The lowest BCUT2D eigenvalue weighted by Crippen LogP contribution is -2.39. The van der Waals surface area contributed by atoms with Crippen LogP contribution in [0.5, 0.6) is 0 Å². The molecule has 1 unspecified atom stereocenters. The molecule has 0 heterocycles. The molecule has 19 heavy (non-hydrogen) atoms. The number of benzene rings is 1. The summed E-state index contributed by atoms with van der Waals surface area (Å²) in [6.45, 7) is 0.486. The van der Waals surface area contributed by atoms with Gasteiger partial charge in [0.15, 0.2) is 0 Å². The van der Waals surface area contributed by atoms with Crippen LogP contribution in [-0.2, 0) is 11.2 Å². The van der Waals surface area contributed by atoms with E-state index in [9.17, 15) is 4.79 Å². The van der Waals surface area contributed by atoms with E-state index in [4.69, 9.17) is 0 Å². The van der Waals surface area contributed by atoms with Gasteiger partial charge in [-0.25, -0.2) is 0 Å². The molecule has 2 aliphatic rings. The zero-order valence-corrected chi connectivity index (χ0v) is 11.6. The molecular weight excluding hydrogens is 236 g/mol. The van der Waals surface area contributed by atoms with Crippen LogP contribution in [0.25, 0.3) is 0 Å². The van der Waals surface area contributed by atoms with Crippen LogP contribution in [0.15, 0.2) is 24.3 Å². The fourth-order valence-electron chi connectivity index (χ4n) is 2.95. The molecule has 0 bridgehead atoms. The van der Waals surface area contributed by atoms with Crippen LogP contribution in [0, 0.1) is 0 Å². The van der Waals surface area contributed by atoms with Gasteiger partial charge in [-0.1, -0.05) is 24.3 Å². The number of nitrogens with one attached hydrogen (secondary N) is 1. The zero-order chi connectivity index (χ0) is 13.2. The topological polar surface area (TPSA) is 32.3 Å². The highest BCUT2D eigenvalue weighted by atomic mass is 16.2. The lowest BCUT2D eigenvalue weighted by atomic mass is 9.87. The minimum Gasteiger partial charge on any atom is -0.338 e. The second-order valence-corrected chi connectivity index (χ2v) is 5.77. The van der Waals surface area contributed by atoms with Gasteiger partial charge in [-0.2, -0.15) is 0 Å². The van der Waals surface area contributed by atoms with Crippen molar-refractivity contribution in [3.8, 4) is 0 Å². The molecule has 1 saturated carbocycles. The Bertz CT molecular complexity index is 468. The highest BCUT2D eigenvalue weighted by molar-refractivity contribution is 5.78. The molecule has 0 radical (unpaired) electrons. The summed E-state index contributed by atoms with van der Waals surface area (Å²) >= 11 is 0. The van der Waals surface area contributed by atoms with Crippen molar-refractivity contribution in [1.82, 2.24) is 10.2 Å². The average Bonchev–Trinajstić information content (AvgIpc) is 3.27. The van der Waals surface area contributed by atoms with Crippen molar-refractivity contribution >= 4 is 5.91 Å². The molecule has 1 amide bonds. The Balaban J connectivity index is 1.69. The molecule has 1 aromatic rings. The Kier molecular flexibility index (Phi) is 3.56. The lowest BCUT2D eigenvalue weighted by molar-refractivity contribution is -0.131. The first-order valence-corrected chi connectivity index (χ1v) is 7.32. The van der Waals surface area contributed by atoms with E-state index in [0.29, 0.717) is 12.6 Å². The fraction of sp³-hybridized carbons (Fsp3) is 0.562. The Morgan fingerprint density at radius 3 is 2.89 bits per heavy atom. The quantitative estimate of drug-likeness (QED) is 0.898. The Morgan fingerprint density at radius 2 is 2.11 bits per heavy atom. The van der Waals surface area contributed by atoms with Gasteiger partial charge in [0.2, 0.25) is 5.91 Å². The third-order valence-electron chi connectivity index (χ3n) is 4.32. The zero-order valence-electron chi connectivity index (χ0n) is 11.6. The second-order valence-electron chi connectivity index (χ2n) is 5.77. The van der Waals surface area contributed by atoms with E-state index in [1.54, 1.807) is 0 Å². The molecule has 0 aromatic heterocycles. The van der Waals surface area contributed by atoms with Crippen LogP contribution in [0.3, 0.4) is 0 Å². The number of hydrogen-bond acceptors (Lipinski definition) is 2. The minimum atomic E-state index is 0.216. The summed E-state index contributed by atoms with van der Waals surface area (Å²) in [7, 11) is 1.95. The molecular formula is C16H22N2O. The molecule has 0 spiro atoms. The van der Waals surface area contributed by atoms with Gasteiger partial charge < -0.3 is 10.2 Å². The van der Waals surface area contributed by atoms with Crippen LogP contribution in [0.2, 0.25) is 0 Å². The summed E-state index contributed by atoms with van der Waals surface area (Å²) in [5.41, 5.74) is 2.75. The fourth-order valence-corrected chi connectivity index (χ4v) is 2.95. The van der Waals surface area contributed by atoms with Crippen molar-refractivity contribution in [2.45, 2.75) is 44.2 Å². The van der Waals surface area contributed by atoms with Gasteiger partial charge in [0.05, 0.1) is 12.6 Å². The Hall–Kier alpha value is -1.35. The lowest BCUT2D eigenvalue weighted by Gasteiger charge is -2.33. The van der Waals surface area contributed by atoms with Gasteiger partial charge in [-0.3, -0.25) is 4.79 Å². The first kappa shape index (κ1) is 12.7. The van der Waals surface area contributed by atoms with Crippen molar-refractivity contribution < 1.29 is 4.79 Å². The van der Waals surface area contributed by atoms with E-state index >= 15 is 0 Å². The van der Waals surface area contributed by atoms with Gasteiger partial charge in [0, 0.05) is 13.1 Å². The van der Waals surface area contributed by atoms with Crippen molar-refractivity contribution in [2.75, 3.05) is 13.6 Å². The summed E-state index contributed by atoms with van der Waals surface area (Å²) < 4.78 is 0. The largest absolute Gasteiger partial charge is 0.338 e. The molecule has 102 valence electrons. The number of carbonyl (C=O) groups is 1. The third-order valence-corrected chi connectivity index (χ3v) is 4.32. The molecule has 1 atom stereocenters. The Morgan fingerprint density at radius 1 is 1.32 bits per heavy atom. The summed E-state index contributed by atoms with van der Waals surface area (Å²) in [6, 6.07) is 9.41. The van der Waals surface area contributed by atoms with E-state index in [0.717, 1.165) is 12.8 Å². The molecule has 3 heteroatoms. The van der Waals surface area contributed by atoms with Crippen molar-refractivity contribution in [3.63, 3.8) is 0 Å². The number of carbonyl (C=O) groups excluding carboxylic acids is 1. The standard InChI is InChI=1S/C16H22N2O/c1-18(16(19)11-17-13-9-10-13)15-8-4-6-12-5-2-3-7-14(12)15/h2-3,5,7,13,15,17H,4,6,8-11H2,1H3. The van der Waals surface area contributed by atoms with E-state index < -0.39 is 0 Å². The van der Waals surface area contributed by atoms with Crippen LogP contribution >= 0.6 is 0 Å². The van der Waals surface area contributed by atoms with Gasteiger partial charge in [-0.15, -0.1) is 0 Å². The molecule has 3 nitrogen and oxygen atoms in total. The summed E-state index contributed by atoms with van der Waals surface area (Å²) in [5, 5.41) is 3.31. The SMILES string of the molecule is CN(C(=O)CNC1CC1)C1CCCc2ccccc21. The van der Waals surface area contributed by atoms with Crippen molar-refractivity contribution in [1.29, 1.82) is 0 Å². The van der Waals surface area contributed by atoms with Gasteiger partial charge in [0.1, 0.15) is 0 Å². The van der Waals surface area contributed by atoms with E-state index in [2.05, 4.69) is 29.6 Å². The highest BCUT2D eigenvalue weighted by Gasteiger charge is 2.27. The first-order chi connectivity index (χ1) is 9.25. The predicted molar refractivity (Wildman–Crippen MR) is 75.9 cm³/mol. The van der Waals surface area contributed by atoms with E-state index in [1.807, 2.05) is 11.9 Å². The summed E-state index contributed by atoms with van der Waals surface area (Å²) in [6.07, 6.45) is 5.86. The number of hydrogen-bond donors (Lipinski definition) is 1.